The van der Waals surface area contributed by atoms with Gasteiger partial charge in [0.25, 0.3) is 5.91 Å². The molecule has 146 valence electrons. The smallest absolute Gasteiger partial charge is 0.370 e. The molecule has 0 bridgehead atoms. The van der Waals surface area contributed by atoms with E-state index in [4.69, 9.17) is 46.3 Å². The highest BCUT2D eigenvalue weighted by Crippen LogP contribution is 2.39. The topological polar surface area (TPSA) is 99.3 Å². The van der Waals surface area contributed by atoms with E-state index in [2.05, 4.69) is 9.98 Å². The van der Waals surface area contributed by atoms with Crippen LogP contribution in [0.1, 0.15) is 15.9 Å². The molecule has 0 fully saturated rings. The fourth-order valence-corrected chi connectivity index (χ4v) is 3.08. The average Bonchev–Trinajstić information content (AvgIpc) is 2.95. The number of nitrogens with zero attached hydrogens (tertiary/aromatic N) is 3. The van der Waals surface area contributed by atoms with Crippen LogP contribution in [0.2, 0.25) is 15.1 Å². The maximum absolute atomic E-state index is 13.7. The Labute approximate surface area is 170 Å². The molecule has 0 saturated carbocycles. The van der Waals surface area contributed by atoms with E-state index in [1.54, 1.807) is 0 Å². The second-order valence-corrected chi connectivity index (χ2v) is 6.78. The van der Waals surface area contributed by atoms with Gasteiger partial charge < -0.3 is 11.5 Å². The van der Waals surface area contributed by atoms with Crippen molar-refractivity contribution in [1.29, 1.82) is 0 Å². The Kier molecular flexibility index (Phi) is 5.18. The Morgan fingerprint density at radius 3 is 2.29 bits per heavy atom. The van der Waals surface area contributed by atoms with Gasteiger partial charge in [-0.3, -0.25) is 9.36 Å². The number of aliphatic imine (C=N–C) groups is 1. The number of carbonyl (C=O) groups is 1. The molecule has 0 atom stereocenters. The van der Waals surface area contributed by atoms with Crippen molar-refractivity contribution in [3.8, 4) is 5.69 Å². The normalized spacial score (nSPS) is 11.6. The molecular weight excluding hydrogens is 442 g/mol. The molecule has 0 saturated heterocycles. The minimum absolute atomic E-state index is 0.134. The van der Waals surface area contributed by atoms with E-state index in [0.29, 0.717) is 11.6 Å². The number of alkyl halides is 3. The van der Waals surface area contributed by atoms with E-state index in [1.807, 2.05) is 0 Å². The Balaban J connectivity index is 2.30. The van der Waals surface area contributed by atoms with Gasteiger partial charge in [-0.15, -0.1) is 0 Å². The highest BCUT2D eigenvalue weighted by atomic mass is 35.5. The van der Waals surface area contributed by atoms with Crippen LogP contribution in [0.4, 0.5) is 13.2 Å². The molecule has 3 aromatic rings. The van der Waals surface area contributed by atoms with E-state index in [0.717, 1.165) is 17.0 Å². The quantitative estimate of drug-likeness (QED) is 0.446. The summed E-state index contributed by atoms with van der Waals surface area (Å²) in [6.45, 7) is 0. The average molecular weight is 451 g/mol. The van der Waals surface area contributed by atoms with Crippen LogP contribution < -0.4 is 11.5 Å². The van der Waals surface area contributed by atoms with Gasteiger partial charge in [0.2, 0.25) is 0 Å². The van der Waals surface area contributed by atoms with Gasteiger partial charge in [-0.05, 0) is 24.3 Å². The van der Waals surface area contributed by atoms with Crippen molar-refractivity contribution in [3.05, 3.63) is 56.8 Å². The van der Waals surface area contributed by atoms with Gasteiger partial charge in [0.05, 0.1) is 42.9 Å². The monoisotopic (exact) mass is 449 g/mol. The number of aromatic nitrogens is 2. The minimum atomic E-state index is -4.82. The molecule has 12 heteroatoms. The van der Waals surface area contributed by atoms with Crippen molar-refractivity contribution >= 4 is 57.7 Å². The van der Waals surface area contributed by atoms with Crippen molar-refractivity contribution in [2.24, 2.45) is 16.5 Å². The maximum atomic E-state index is 13.7. The highest BCUT2D eigenvalue weighted by Gasteiger charge is 2.36. The zero-order valence-corrected chi connectivity index (χ0v) is 15.8. The van der Waals surface area contributed by atoms with Gasteiger partial charge in [0.15, 0.2) is 5.96 Å². The standard InChI is InChI=1S/C16H9Cl3F3N5O/c17-8-3-12(27-5-25-11-2-9(18)10(19)4-13(11)27)7(16(20,21)22)1-6(8)14(28)26-15(23)24/h1-5H,(H4,23,24,26,28). The number of rotatable bonds is 2. The summed E-state index contributed by atoms with van der Waals surface area (Å²) in [5.41, 5.74) is 8.79. The Bertz CT molecular complexity index is 1140. The van der Waals surface area contributed by atoms with Crippen LogP contribution in [0.25, 0.3) is 16.7 Å². The number of amides is 1. The lowest BCUT2D eigenvalue weighted by Crippen LogP contribution is -2.24. The zero-order valence-electron chi connectivity index (χ0n) is 13.6. The summed E-state index contributed by atoms with van der Waals surface area (Å²) >= 11 is 17.9. The molecule has 1 amide bonds. The van der Waals surface area contributed by atoms with Gasteiger partial charge >= 0.3 is 6.18 Å². The molecule has 4 N–H and O–H groups in total. The molecular formula is C16H9Cl3F3N5O. The van der Waals surface area contributed by atoms with E-state index in [-0.39, 0.29) is 26.3 Å². The number of hydrogen-bond donors (Lipinski definition) is 2. The Morgan fingerprint density at radius 1 is 1.04 bits per heavy atom. The maximum Gasteiger partial charge on any atom is 0.418 e. The summed E-state index contributed by atoms with van der Waals surface area (Å²) in [5.74, 6) is -1.71. The Hall–Kier alpha value is -2.49. The van der Waals surface area contributed by atoms with E-state index in [9.17, 15) is 18.0 Å². The van der Waals surface area contributed by atoms with Crippen LogP contribution in [0.5, 0.6) is 0 Å². The number of nitrogens with two attached hydrogens (primary N) is 2. The second kappa shape index (κ2) is 7.16. The molecule has 28 heavy (non-hydrogen) atoms. The van der Waals surface area contributed by atoms with Crippen molar-refractivity contribution in [3.63, 3.8) is 0 Å². The fraction of sp³-hybridized carbons (Fsp3) is 0.0625. The second-order valence-electron chi connectivity index (χ2n) is 5.56. The molecule has 0 spiro atoms. The zero-order chi connectivity index (χ0) is 20.8. The number of guanidine groups is 1. The summed E-state index contributed by atoms with van der Waals surface area (Å²) in [4.78, 5) is 19.3. The largest absolute Gasteiger partial charge is 0.418 e. The first kappa shape index (κ1) is 20.2. The lowest BCUT2D eigenvalue weighted by Gasteiger charge is -2.16. The van der Waals surface area contributed by atoms with Crippen molar-refractivity contribution < 1.29 is 18.0 Å². The molecule has 6 nitrogen and oxygen atoms in total. The van der Waals surface area contributed by atoms with E-state index >= 15 is 0 Å². The number of carbonyl (C=O) groups excluding carboxylic acids is 1. The number of hydrogen-bond acceptors (Lipinski definition) is 2. The summed E-state index contributed by atoms with van der Waals surface area (Å²) < 4.78 is 42.2. The van der Waals surface area contributed by atoms with Crippen LogP contribution in [-0.2, 0) is 6.18 Å². The highest BCUT2D eigenvalue weighted by molar-refractivity contribution is 6.42. The molecule has 0 aliphatic carbocycles. The first-order valence-electron chi connectivity index (χ1n) is 7.36. The number of imidazole rings is 1. The fourth-order valence-electron chi connectivity index (χ4n) is 2.53. The van der Waals surface area contributed by atoms with Crippen LogP contribution in [0, 0.1) is 0 Å². The third kappa shape index (κ3) is 3.73. The first-order chi connectivity index (χ1) is 13.0. The number of fused-ring (bicyclic) bond motifs is 1. The Morgan fingerprint density at radius 2 is 1.68 bits per heavy atom. The van der Waals surface area contributed by atoms with Gasteiger partial charge in [-0.1, -0.05) is 34.8 Å². The minimum Gasteiger partial charge on any atom is -0.370 e. The molecule has 2 aromatic carbocycles. The van der Waals surface area contributed by atoms with Crippen LogP contribution in [0.3, 0.4) is 0 Å². The summed E-state index contributed by atoms with van der Waals surface area (Å²) in [6, 6.07) is 4.35. The molecule has 0 radical (unpaired) electrons. The SMILES string of the molecule is NC(N)=NC(=O)c1cc(C(F)(F)F)c(-n2cnc3cc(Cl)c(Cl)cc32)cc1Cl. The molecule has 3 rings (SSSR count). The van der Waals surface area contributed by atoms with Gasteiger partial charge in [-0.2, -0.15) is 18.2 Å². The number of benzene rings is 2. The third-order valence-corrected chi connectivity index (χ3v) is 4.74. The molecule has 0 aliphatic heterocycles. The lowest BCUT2D eigenvalue weighted by molar-refractivity contribution is -0.137. The summed E-state index contributed by atoms with van der Waals surface area (Å²) in [5, 5.41) is 0.0571. The van der Waals surface area contributed by atoms with Crippen LogP contribution >= 0.6 is 34.8 Å². The van der Waals surface area contributed by atoms with Crippen molar-refractivity contribution in [2.45, 2.75) is 6.18 Å². The summed E-state index contributed by atoms with van der Waals surface area (Å²) in [7, 11) is 0. The summed E-state index contributed by atoms with van der Waals surface area (Å²) in [6.07, 6.45) is -3.66. The lowest BCUT2D eigenvalue weighted by atomic mass is 10.1. The van der Waals surface area contributed by atoms with E-state index in [1.165, 1.54) is 12.1 Å². The van der Waals surface area contributed by atoms with Crippen molar-refractivity contribution in [1.82, 2.24) is 9.55 Å². The molecule has 1 aromatic heterocycles. The van der Waals surface area contributed by atoms with E-state index < -0.39 is 29.2 Å². The van der Waals surface area contributed by atoms with Gasteiger partial charge in [-0.25, -0.2) is 4.98 Å². The number of halogens is 6. The molecule has 0 unspecified atom stereocenters. The third-order valence-electron chi connectivity index (χ3n) is 3.70. The van der Waals surface area contributed by atoms with Gasteiger partial charge in [0, 0.05) is 0 Å². The molecule has 0 aliphatic rings. The van der Waals surface area contributed by atoms with Crippen molar-refractivity contribution in [2.75, 3.05) is 0 Å². The first-order valence-corrected chi connectivity index (χ1v) is 8.49. The van der Waals surface area contributed by atoms with Gasteiger partial charge in [0.1, 0.15) is 6.33 Å². The van der Waals surface area contributed by atoms with Crippen LogP contribution in [-0.4, -0.2) is 21.4 Å². The molecule has 1 heterocycles. The van der Waals surface area contributed by atoms with Crippen LogP contribution in [0.15, 0.2) is 35.6 Å². The predicted molar refractivity (Wildman–Crippen MR) is 101 cm³/mol. The predicted octanol–water partition coefficient (Wildman–Crippen LogP) is 4.42.